The van der Waals surface area contributed by atoms with Crippen molar-refractivity contribution in [3.63, 3.8) is 0 Å². The van der Waals surface area contributed by atoms with Crippen molar-refractivity contribution >= 4 is 17.6 Å². The van der Waals surface area contributed by atoms with Crippen molar-refractivity contribution in [2.45, 2.75) is 19.0 Å². The second-order valence-electron chi connectivity index (χ2n) is 4.94. The molecule has 2 amide bonds. The van der Waals surface area contributed by atoms with Crippen molar-refractivity contribution in [1.82, 2.24) is 15.6 Å². The summed E-state index contributed by atoms with van der Waals surface area (Å²) in [7, 11) is 0. The standard InChI is InChI=1S/C16H18ClN3O2/c1-11(10-21)19-16(22)20-15(14-7-2-3-8-18-14)12-5-4-6-13(17)9-12/h2-9,11,15,21H,10H2,1H3,(H2,19,20,22). The van der Waals surface area contributed by atoms with Crippen LogP contribution in [0, 0.1) is 0 Å². The Morgan fingerprint density at radius 3 is 2.73 bits per heavy atom. The van der Waals surface area contributed by atoms with E-state index in [1.807, 2.05) is 30.3 Å². The fourth-order valence-corrected chi connectivity index (χ4v) is 2.20. The molecule has 1 heterocycles. The molecule has 1 aromatic heterocycles. The van der Waals surface area contributed by atoms with Gasteiger partial charge in [-0.05, 0) is 36.8 Å². The molecule has 0 radical (unpaired) electrons. The van der Waals surface area contributed by atoms with Crippen molar-refractivity contribution < 1.29 is 9.90 Å². The first kappa shape index (κ1) is 16.3. The van der Waals surface area contributed by atoms with E-state index in [2.05, 4.69) is 15.6 Å². The van der Waals surface area contributed by atoms with Crippen LogP contribution >= 0.6 is 11.6 Å². The molecular formula is C16H18ClN3O2. The molecule has 0 fully saturated rings. The van der Waals surface area contributed by atoms with Gasteiger partial charge in [-0.3, -0.25) is 4.98 Å². The number of hydrogen-bond acceptors (Lipinski definition) is 3. The summed E-state index contributed by atoms with van der Waals surface area (Å²) in [6.45, 7) is 1.59. The predicted octanol–water partition coefficient (Wildman–Crippen LogP) is 2.50. The molecule has 2 rings (SSSR count). The molecule has 5 nitrogen and oxygen atoms in total. The predicted molar refractivity (Wildman–Crippen MR) is 85.7 cm³/mol. The van der Waals surface area contributed by atoms with Crippen LogP contribution in [0.2, 0.25) is 5.02 Å². The minimum Gasteiger partial charge on any atom is -0.394 e. The average Bonchev–Trinajstić information content (AvgIpc) is 2.53. The Bertz CT molecular complexity index is 622. The lowest BCUT2D eigenvalue weighted by Gasteiger charge is -2.20. The maximum absolute atomic E-state index is 12.1. The summed E-state index contributed by atoms with van der Waals surface area (Å²) < 4.78 is 0. The Balaban J connectivity index is 2.25. The molecule has 0 saturated carbocycles. The van der Waals surface area contributed by atoms with E-state index in [0.717, 1.165) is 5.56 Å². The number of carbonyl (C=O) groups is 1. The molecule has 6 heteroatoms. The highest BCUT2D eigenvalue weighted by atomic mass is 35.5. The summed E-state index contributed by atoms with van der Waals surface area (Å²) in [5.74, 6) is 0. The van der Waals surface area contributed by atoms with Gasteiger partial charge in [-0.1, -0.05) is 29.8 Å². The first-order valence-corrected chi connectivity index (χ1v) is 7.32. The van der Waals surface area contributed by atoms with E-state index >= 15 is 0 Å². The lowest BCUT2D eigenvalue weighted by Crippen LogP contribution is -2.44. The minimum atomic E-state index is -0.425. The van der Waals surface area contributed by atoms with E-state index in [4.69, 9.17) is 16.7 Å². The third-order valence-electron chi connectivity index (χ3n) is 3.09. The zero-order chi connectivity index (χ0) is 15.9. The van der Waals surface area contributed by atoms with Crippen molar-refractivity contribution in [2.75, 3.05) is 6.61 Å². The number of hydrogen-bond donors (Lipinski definition) is 3. The van der Waals surface area contributed by atoms with Crippen LogP contribution in [-0.4, -0.2) is 28.8 Å². The Hall–Kier alpha value is -2.11. The fraction of sp³-hybridized carbons (Fsp3) is 0.250. The summed E-state index contributed by atoms with van der Waals surface area (Å²) in [5, 5.41) is 15.1. The molecule has 2 unspecified atom stereocenters. The number of urea groups is 1. The smallest absolute Gasteiger partial charge is 0.315 e. The number of halogens is 1. The zero-order valence-electron chi connectivity index (χ0n) is 12.2. The maximum atomic E-state index is 12.1. The number of aliphatic hydroxyl groups excluding tert-OH is 1. The van der Waals surface area contributed by atoms with Crippen LogP contribution < -0.4 is 10.6 Å². The highest BCUT2D eigenvalue weighted by molar-refractivity contribution is 6.30. The summed E-state index contributed by atoms with van der Waals surface area (Å²) in [6.07, 6.45) is 1.67. The monoisotopic (exact) mass is 319 g/mol. The molecule has 0 aliphatic carbocycles. The first-order chi connectivity index (χ1) is 10.6. The van der Waals surface area contributed by atoms with E-state index in [1.54, 1.807) is 25.3 Å². The summed E-state index contributed by atoms with van der Waals surface area (Å²) >= 11 is 6.04. The Morgan fingerprint density at radius 2 is 2.09 bits per heavy atom. The molecule has 0 aliphatic rings. The van der Waals surface area contributed by atoms with Crippen molar-refractivity contribution in [2.24, 2.45) is 0 Å². The number of rotatable bonds is 5. The van der Waals surface area contributed by atoms with Crippen LogP contribution in [-0.2, 0) is 0 Å². The molecule has 0 saturated heterocycles. The van der Waals surface area contributed by atoms with Gasteiger partial charge in [0.1, 0.15) is 0 Å². The van der Waals surface area contributed by atoms with Crippen LogP contribution in [0.25, 0.3) is 0 Å². The normalized spacial score (nSPS) is 13.2. The van der Waals surface area contributed by atoms with Crippen LogP contribution in [0.15, 0.2) is 48.7 Å². The van der Waals surface area contributed by atoms with Crippen LogP contribution in [0.4, 0.5) is 4.79 Å². The molecule has 0 bridgehead atoms. The van der Waals surface area contributed by atoms with E-state index in [0.29, 0.717) is 10.7 Å². The molecule has 1 aromatic carbocycles. The fourth-order valence-electron chi connectivity index (χ4n) is 2.00. The number of pyridine rings is 1. The van der Waals surface area contributed by atoms with Crippen molar-refractivity contribution in [1.29, 1.82) is 0 Å². The maximum Gasteiger partial charge on any atom is 0.315 e. The summed E-state index contributed by atoms with van der Waals surface area (Å²) in [5.41, 5.74) is 1.54. The highest BCUT2D eigenvalue weighted by Crippen LogP contribution is 2.22. The lowest BCUT2D eigenvalue weighted by molar-refractivity contribution is 0.218. The first-order valence-electron chi connectivity index (χ1n) is 6.94. The van der Waals surface area contributed by atoms with E-state index in [1.165, 1.54) is 0 Å². The van der Waals surface area contributed by atoms with Gasteiger partial charge < -0.3 is 15.7 Å². The van der Waals surface area contributed by atoms with Crippen molar-refractivity contribution in [3.05, 3.63) is 64.9 Å². The van der Waals surface area contributed by atoms with Gasteiger partial charge in [0.2, 0.25) is 0 Å². The summed E-state index contributed by atoms with van der Waals surface area (Å²) in [4.78, 5) is 16.4. The highest BCUT2D eigenvalue weighted by Gasteiger charge is 2.19. The van der Waals surface area contributed by atoms with Crippen LogP contribution in [0.1, 0.15) is 24.2 Å². The topological polar surface area (TPSA) is 74.2 Å². The van der Waals surface area contributed by atoms with Crippen LogP contribution in [0.3, 0.4) is 0 Å². The van der Waals surface area contributed by atoms with Gasteiger partial charge in [-0.2, -0.15) is 0 Å². The molecule has 2 atom stereocenters. The van der Waals surface area contributed by atoms with Gasteiger partial charge >= 0.3 is 6.03 Å². The summed E-state index contributed by atoms with van der Waals surface area (Å²) in [6, 6.07) is 11.6. The minimum absolute atomic E-state index is 0.126. The zero-order valence-corrected chi connectivity index (χ0v) is 12.9. The van der Waals surface area contributed by atoms with Gasteiger partial charge in [-0.15, -0.1) is 0 Å². The van der Waals surface area contributed by atoms with E-state index in [9.17, 15) is 4.79 Å². The largest absolute Gasteiger partial charge is 0.394 e. The Labute approximate surface area is 134 Å². The molecule has 3 N–H and O–H groups in total. The number of carbonyl (C=O) groups excluding carboxylic acids is 1. The van der Waals surface area contributed by atoms with Crippen LogP contribution in [0.5, 0.6) is 0 Å². The lowest BCUT2D eigenvalue weighted by atomic mass is 10.0. The quantitative estimate of drug-likeness (QED) is 0.792. The van der Waals surface area contributed by atoms with E-state index in [-0.39, 0.29) is 18.7 Å². The SMILES string of the molecule is CC(CO)NC(=O)NC(c1cccc(Cl)c1)c1ccccn1. The molecule has 0 aliphatic heterocycles. The second kappa shape index (κ2) is 7.77. The molecule has 22 heavy (non-hydrogen) atoms. The third kappa shape index (κ3) is 4.44. The molecule has 0 spiro atoms. The molecule has 116 valence electrons. The van der Waals surface area contributed by atoms with Gasteiger partial charge in [-0.25, -0.2) is 4.79 Å². The number of nitrogens with one attached hydrogen (secondary N) is 2. The van der Waals surface area contributed by atoms with Gasteiger partial charge in [0.05, 0.1) is 24.4 Å². The van der Waals surface area contributed by atoms with Crippen molar-refractivity contribution in [3.8, 4) is 0 Å². The second-order valence-corrected chi connectivity index (χ2v) is 5.38. The number of amides is 2. The van der Waals surface area contributed by atoms with Gasteiger partial charge in [0.25, 0.3) is 0 Å². The molecular weight excluding hydrogens is 302 g/mol. The number of aromatic nitrogens is 1. The number of nitrogens with zero attached hydrogens (tertiary/aromatic N) is 1. The Kier molecular flexibility index (Phi) is 5.75. The van der Waals surface area contributed by atoms with E-state index < -0.39 is 6.04 Å². The number of benzene rings is 1. The third-order valence-corrected chi connectivity index (χ3v) is 3.33. The molecule has 2 aromatic rings. The average molecular weight is 320 g/mol. The number of aliphatic hydroxyl groups is 1. The van der Waals surface area contributed by atoms with Gasteiger partial charge in [0.15, 0.2) is 0 Å². The van der Waals surface area contributed by atoms with Gasteiger partial charge in [0, 0.05) is 11.2 Å². The Morgan fingerprint density at radius 1 is 1.27 bits per heavy atom.